The maximum atomic E-state index is 12.1. The molecule has 2 aliphatic carbocycles. The lowest BCUT2D eigenvalue weighted by molar-refractivity contribution is -0.139. The van der Waals surface area contributed by atoms with E-state index in [1.165, 1.54) is 0 Å². The van der Waals surface area contributed by atoms with Crippen LogP contribution in [0.2, 0.25) is 0 Å². The van der Waals surface area contributed by atoms with Crippen molar-refractivity contribution in [1.29, 1.82) is 0 Å². The van der Waals surface area contributed by atoms with Crippen molar-refractivity contribution in [1.82, 2.24) is 10.9 Å². The summed E-state index contributed by atoms with van der Waals surface area (Å²) in [5.74, 6) is -1.63. The van der Waals surface area contributed by atoms with Gasteiger partial charge in [0.05, 0.1) is 11.4 Å². The molecular weight excluding hydrogens is 460 g/mol. The van der Waals surface area contributed by atoms with Gasteiger partial charge < -0.3 is 10.6 Å². The van der Waals surface area contributed by atoms with Crippen molar-refractivity contribution in [3.63, 3.8) is 0 Å². The van der Waals surface area contributed by atoms with Crippen LogP contribution in [0.15, 0.2) is 58.7 Å². The number of benzene rings is 2. The zero-order valence-corrected chi connectivity index (χ0v) is 20.1. The minimum Gasteiger partial charge on any atom is -0.326 e. The molecule has 0 atom stereocenters. The van der Waals surface area contributed by atoms with Gasteiger partial charge in [0.25, 0.3) is 0 Å². The molecule has 2 aromatic carbocycles. The molecule has 0 heterocycles. The third-order valence-corrected chi connectivity index (χ3v) is 5.89. The van der Waals surface area contributed by atoms with E-state index in [9.17, 15) is 19.2 Å². The smallest absolute Gasteiger partial charge is 0.326 e. The molecule has 0 aliphatic heterocycles. The Morgan fingerprint density at radius 2 is 0.944 bits per heavy atom. The van der Waals surface area contributed by atoms with Gasteiger partial charge in [0.15, 0.2) is 0 Å². The average Bonchev–Trinajstić information content (AvgIpc) is 3.79. The highest BCUT2D eigenvalue weighted by molar-refractivity contribution is 6.35. The Labute approximate surface area is 208 Å². The summed E-state index contributed by atoms with van der Waals surface area (Å²) < 4.78 is 0. The molecule has 2 aromatic rings. The number of hydrazone groups is 2. The number of amides is 4. The Hall–Kier alpha value is -4.34. The molecule has 4 rings (SSSR count). The van der Waals surface area contributed by atoms with Gasteiger partial charge in [-0.3, -0.25) is 19.2 Å². The molecule has 10 heteroatoms. The molecule has 4 amide bonds. The Bertz CT molecular complexity index is 1130. The fourth-order valence-electron chi connectivity index (χ4n) is 3.27. The maximum Gasteiger partial charge on any atom is 0.331 e. The summed E-state index contributed by atoms with van der Waals surface area (Å²) in [7, 11) is 0. The number of anilines is 2. The van der Waals surface area contributed by atoms with Gasteiger partial charge in [0, 0.05) is 23.2 Å². The van der Waals surface area contributed by atoms with Crippen LogP contribution in [-0.2, 0) is 19.2 Å². The number of nitrogens with zero attached hydrogens (tertiary/aromatic N) is 2. The van der Waals surface area contributed by atoms with Crippen molar-refractivity contribution in [2.75, 3.05) is 10.6 Å². The fourth-order valence-corrected chi connectivity index (χ4v) is 3.27. The van der Waals surface area contributed by atoms with Crippen molar-refractivity contribution >= 4 is 46.4 Å². The second-order valence-electron chi connectivity index (χ2n) is 8.96. The Balaban J connectivity index is 1.25. The monoisotopic (exact) mass is 488 g/mol. The molecule has 0 spiro atoms. The second-order valence-corrected chi connectivity index (χ2v) is 8.96. The molecule has 10 nitrogen and oxygen atoms in total. The van der Waals surface area contributed by atoms with E-state index >= 15 is 0 Å². The first kappa shape index (κ1) is 24.8. The molecule has 4 N–H and O–H groups in total. The van der Waals surface area contributed by atoms with Gasteiger partial charge in [-0.15, -0.1) is 0 Å². The summed E-state index contributed by atoms with van der Waals surface area (Å²) in [6, 6.07) is 14.1. The van der Waals surface area contributed by atoms with Crippen LogP contribution in [0.5, 0.6) is 0 Å². The molecule has 0 aromatic heterocycles. The molecule has 2 fully saturated rings. The summed E-state index contributed by atoms with van der Waals surface area (Å²) in [4.78, 5) is 47.9. The largest absolute Gasteiger partial charge is 0.331 e. The van der Waals surface area contributed by atoms with Crippen molar-refractivity contribution < 1.29 is 19.2 Å². The Morgan fingerprint density at radius 3 is 1.25 bits per heavy atom. The van der Waals surface area contributed by atoms with E-state index in [-0.39, 0.29) is 23.7 Å². The first-order chi connectivity index (χ1) is 17.3. The van der Waals surface area contributed by atoms with E-state index in [1.807, 2.05) is 0 Å². The molecule has 2 saturated carbocycles. The molecular formula is C26H28N6O4. The zero-order chi connectivity index (χ0) is 25.7. The van der Waals surface area contributed by atoms with Crippen LogP contribution >= 0.6 is 0 Å². The first-order valence-electron chi connectivity index (χ1n) is 11.8. The van der Waals surface area contributed by atoms with Crippen LogP contribution in [0, 0.1) is 11.8 Å². The lowest BCUT2D eigenvalue weighted by atomic mass is 10.1. The number of nitrogens with one attached hydrogen (secondary N) is 4. The van der Waals surface area contributed by atoms with Gasteiger partial charge in [-0.05, 0) is 74.9 Å². The number of hydrogen-bond acceptors (Lipinski definition) is 6. The predicted octanol–water partition coefficient (Wildman–Crippen LogP) is 2.76. The summed E-state index contributed by atoms with van der Waals surface area (Å²) in [5, 5.41) is 13.6. The summed E-state index contributed by atoms with van der Waals surface area (Å²) >= 11 is 0. The van der Waals surface area contributed by atoms with Crippen LogP contribution in [-0.4, -0.2) is 35.1 Å². The highest BCUT2D eigenvalue weighted by Gasteiger charge is 2.30. The van der Waals surface area contributed by atoms with E-state index in [0.29, 0.717) is 22.8 Å². The first-order valence-corrected chi connectivity index (χ1v) is 11.8. The third kappa shape index (κ3) is 6.84. The summed E-state index contributed by atoms with van der Waals surface area (Å²) in [5.41, 5.74) is 8.24. The SMILES string of the molecule is CC(=NNC(=O)C(=O)NN=C(C)c1ccc(NC(=O)C2CC2)cc1)c1ccc(NC(=O)C2CC2)cc1. The highest BCUT2D eigenvalue weighted by Crippen LogP contribution is 2.30. The van der Waals surface area contributed by atoms with E-state index in [2.05, 4.69) is 31.7 Å². The van der Waals surface area contributed by atoms with Crippen molar-refractivity contribution in [3.8, 4) is 0 Å². The van der Waals surface area contributed by atoms with Crippen LogP contribution in [0.25, 0.3) is 0 Å². The molecule has 0 radical (unpaired) electrons. The van der Waals surface area contributed by atoms with Gasteiger partial charge in [-0.1, -0.05) is 24.3 Å². The summed E-state index contributed by atoms with van der Waals surface area (Å²) in [6.45, 7) is 3.38. The van der Waals surface area contributed by atoms with Crippen LogP contribution < -0.4 is 21.5 Å². The summed E-state index contributed by atoms with van der Waals surface area (Å²) in [6.07, 6.45) is 3.73. The van der Waals surface area contributed by atoms with E-state index in [0.717, 1.165) is 36.8 Å². The van der Waals surface area contributed by atoms with Crippen LogP contribution in [0.4, 0.5) is 11.4 Å². The van der Waals surface area contributed by atoms with Gasteiger partial charge in [0.1, 0.15) is 0 Å². The van der Waals surface area contributed by atoms with E-state index in [4.69, 9.17) is 0 Å². The van der Waals surface area contributed by atoms with Gasteiger partial charge in [-0.25, -0.2) is 10.9 Å². The number of hydrogen-bond donors (Lipinski definition) is 4. The quantitative estimate of drug-likeness (QED) is 0.258. The van der Waals surface area contributed by atoms with Crippen LogP contribution in [0.1, 0.15) is 50.7 Å². The molecule has 36 heavy (non-hydrogen) atoms. The fraction of sp³-hybridized carbons (Fsp3) is 0.308. The molecule has 0 saturated heterocycles. The molecule has 0 unspecified atom stereocenters. The second kappa shape index (κ2) is 10.9. The maximum absolute atomic E-state index is 12.1. The molecule has 186 valence electrons. The minimum absolute atomic E-state index is 0.0266. The molecule has 2 aliphatic rings. The standard InChI is InChI=1S/C26H28N6O4/c1-15(17-7-11-21(12-8-17)27-23(33)19-3-4-19)29-31-25(35)26(36)32-30-16(2)18-9-13-22(14-10-18)28-24(34)20-5-6-20/h7-14,19-20H,3-6H2,1-2H3,(H,27,33)(H,28,34)(H,31,35)(H,32,36). The van der Waals surface area contributed by atoms with Gasteiger partial charge in [-0.2, -0.15) is 10.2 Å². The lowest BCUT2D eigenvalue weighted by Gasteiger charge is -2.07. The van der Waals surface area contributed by atoms with Crippen molar-refractivity contribution in [2.24, 2.45) is 22.0 Å². The highest BCUT2D eigenvalue weighted by atomic mass is 16.2. The van der Waals surface area contributed by atoms with E-state index < -0.39 is 11.8 Å². The zero-order valence-electron chi connectivity index (χ0n) is 20.1. The third-order valence-electron chi connectivity index (χ3n) is 5.89. The van der Waals surface area contributed by atoms with Crippen molar-refractivity contribution in [2.45, 2.75) is 39.5 Å². The van der Waals surface area contributed by atoms with E-state index in [1.54, 1.807) is 62.4 Å². The number of rotatable bonds is 8. The normalized spacial score (nSPS) is 15.6. The lowest BCUT2D eigenvalue weighted by Crippen LogP contribution is -2.36. The predicted molar refractivity (Wildman–Crippen MR) is 136 cm³/mol. The van der Waals surface area contributed by atoms with Gasteiger partial charge >= 0.3 is 11.8 Å². The molecule has 0 bridgehead atoms. The number of carbonyl (C=O) groups is 4. The number of carbonyl (C=O) groups excluding carboxylic acids is 4. The Kier molecular flexibility index (Phi) is 7.53. The topological polar surface area (TPSA) is 141 Å². The van der Waals surface area contributed by atoms with Gasteiger partial charge in [0.2, 0.25) is 11.8 Å². The Morgan fingerprint density at radius 1 is 0.611 bits per heavy atom. The average molecular weight is 489 g/mol. The van der Waals surface area contributed by atoms with Crippen LogP contribution in [0.3, 0.4) is 0 Å². The van der Waals surface area contributed by atoms with Crippen molar-refractivity contribution in [3.05, 3.63) is 59.7 Å². The minimum atomic E-state index is -0.961.